The van der Waals surface area contributed by atoms with Crippen molar-refractivity contribution in [1.82, 2.24) is 19.8 Å². The molecular weight excluding hydrogens is 424 g/mol. The quantitative estimate of drug-likeness (QED) is 0.449. The third kappa shape index (κ3) is 4.47. The molecule has 28 heavy (non-hydrogen) atoms. The molecule has 0 unspecified atom stereocenters. The summed E-state index contributed by atoms with van der Waals surface area (Å²) in [6.07, 6.45) is 0. The van der Waals surface area contributed by atoms with Crippen LogP contribution in [-0.4, -0.2) is 25.3 Å². The summed E-state index contributed by atoms with van der Waals surface area (Å²) < 4.78 is 59.6. The predicted molar refractivity (Wildman–Crippen MR) is 94.3 cm³/mol. The summed E-state index contributed by atoms with van der Waals surface area (Å²) in [7, 11) is 1.35. The molecule has 0 fully saturated rings. The van der Waals surface area contributed by atoms with Gasteiger partial charge in [0.15, 0.2) is 0 Å². The van der Waals surface area contributed by atoms with Crippen LogP contribution >= 0.6 is 23.4 Å². The van der Waals surface area contributed by atoms with Gasteiger partial charge in [0.25, 0.3) is 0 Å². The fourth-order valence-electron chi connectivity index (χ4n) is 2.32. The maximum Gasteiger partial charge on any atom is 0.446 e. The monoisotopic (exact) mass is 434 g/mol. The van der Waals surface area contributed by atoms with Crippen molar-refractivity contribution in [1.29, 1.82) is 0 Å². The molecule has 1 aromatic heterocycles. The largest absolute Gasteiger partial charge is 0.487 e. The van der Waals surface area contributed by atoms with Crippen molar-refractivity contribution in [3.8, 4) is 11.4 Å². The lowest BCUT2D eigenvalue weighted by Crippen LogP contribution is -2.23. The van der Waals surface area contributed by atoms with E-state index in [0.717, 1.165) is 21.5 Å². The molecule has 0 radical (unpaired) electrons. The predicted octanol–water partition coefficient (Wildman–Crippen LogP) is 3.95. The van der Waals surface area contributed by atoms with Gasteiger partial charge in [-0.3, -0.25) is 0 Å². The van der Waals surface area contributed by atoms with Crippen LogP contribution in [0.5, 0.6) is 5.75 Å². The zero-order valence-corrected chi connectivity index (χ0v) is 15.6. The first-order valence-corrected chi connectivity index (χ1v) is 8.80. The number of hydrogen-bond acceptors (Lipinski definition) is 5. The zero-order valence-electron chi connectivity index (χ0n) is 14.1. The minimum Gasteiger partial charge on any atom is -0.487 e. The number of alkyl halides is 3. The second kappa shape index (κ2) is 7.84. The van der Waals surface area contributed by atoms with Gasteiger partial charge in [-0.05, 0) is 46.5 Å². The molecular formula is C16H11ClF4N4O2S. The molecule has 0 bridgehead atoms. The molecule has 148 valence electrons. The summed E-state index contributed by atoms with van der Waals surface area (Å²) in [5.41, 5.74) is -5.15. The molecule has 0 N–H and O–H groups in total. The number of rotatable bonds is 5. The van der Waals surface area contributed by atoms with Crippen molar-refractivity contribution in [2.75, 3.05) is 0 Å². The van der Waals surface area contributed by atoms with Gasteiger partial charge in [-0.25, -0.2) is 9.18 Å². The Morgan fingerprint density at radius 3 is 2.61 bits per heavy atom. The summed E-state index contributed by atoms with van der Waals surface area (Å²) in [5, 5.41) is 7.30. The minimum absolute atomic E-state index is 0.0211. The lowest BCUT2D eigenvalue weighted by molar-refractivity contribution is -0.0328. The first-order valence-electron chi connectivity index (χ1n) is 7.60. The van der Waals surface area contributed by atoms with Crippen molar-refractivity contribution in [2.24, 2.45) is 7.05 Å². The molecule has 0 aliphatic carbocycles. The van der Waals surface area contributed by atoms with Gasteiger partial charge in [0.2, 0.25) is 0 Å². The third-order valence-electron chi connectivity index (χ3n) is 3.55. The van der Waals surface area contributed by atoms with Crippen LogP contribution < -0.4 is 10.4 Å². The molecule has 0 atom stereocenters. The van der Waals surface area contributed by atoms with Crippen LogP contribution in [-0.2, 0) is 13.7 Å². The Balaban J connectivity index is 2.06. The maximum atomic E-state index is 13.4. The Labute approximate surface area is 164 Å². The van der Waals surface area contributed by atoms with E-state index in [1.54, 1.807) is 0 Å². The van der Waals surface area contributed by atoms with Crippen LogP contribution in [0.15, 0.2) is 46.1 Å². The molecule has 3 aromatic rings. The van der Waals surface area contributed by atoms with Crippen molar-refractivity contribution in [2.45, 2.75) is 17.0 Å². The molecule has 0 saturated carbocycles. The van der Waals surface area contributed by atoms with Gasteiger partial charge in [-0.15, -0.1) is 0 Å². The fourth-order valence-corrected chi connectivity index (χ4v) is 3.18. The minimum atomic E-state index is -4.57. The SMILES string of the molecule is Cn1nnn(-c2cccc(SC(F)(F)F)c2COc2cc(F)ccc2Cl)c1=O. The van der Waals surface area contributed by atoms with Gasteiger partial charge in [-0.2, -0.15) is 22.5 Å². The fraction of sp³-hybridized carbons (Fsp3) is 0.188. The molecule has 1 heterocycles. The normalized spacial score (nSPS) is 11.6. The molecule has 12 heteroatoms. The van der Waals surface area contributed by atoms with Crippen LogP contribution in [0.4, 0.5) is 17.6 Å². The Morgan fingerprint density at radius 2 is 1.96 bits per heavy atom. The molecule has 0 saturated heterocycles. The van der Waals surface area contributed by atoms with E-state index in [4.69, 9.17) is 16.3 Å². The average molecular weight is 435 g/mol. The molecule has 3 rings (SSSR count). The first-order chi connectivity index (χ1) is 13.2. The van der Waals surface area contributed by atoms with E-state index in [-0.39, 0.29) is 38.7 Å². The van der Waals surface area contributed by atoms with Crippen molar-refractivity contribution < 1.29 is 22.3 Å². The molecule has 0 aliphatic rings. The van der Waals surface area contributed by atoms with Crippen LogP contribution in [0.1, 0.15) is 5.56 Å². The number of thioether (sulfide) groups is 1. The van der Waals surface area contributed by atoms with Gasteiger partial charge in [0.1, 0.15) is 18.2 Å². The highest BCUT2D eigenvalue weighted by Gasteiger charge is 2.31. The van der Waals surface area contributed by atoms with Crippen molar-refractivity contribution in [3.05, 3.63) is 63.3 Å². The second-order valence-electron chi connectivity index (χ2n) is 5.46. The number of halogens is 5. The lowest BCUT2D eigenvalue weighted by atomic mass is 10.2. The molecule has 0 spiro atoms. The van der Waals surface area contributed by atoms with Crippen LogP contribution in [0.3, 0.4) is 0 Å². The van der Waals surface area contributed by atoms with Gasteiger partial charge in [0, 0.05) is 23.6 Å². The highest BCUT2D eigenvalue weighted by Crippen LogP contribution is 2.40. The lowest BCUT2D eigenvalue weighted by Gasteiger charge is -2.16. The van der Waals surface area contributed by atoms with Gasteiger partial charge in [0.05, 0.1) is 10.7 Å². The van der Waals surface area contributed by atoms with E-state index >= 15 is 0 Å². The standard InChI is InChI=1S/C16H11ClF4N4O2S/c1-24-15(26)25(23-22-24)12-3-2-4-14(28-16(19,20)21)10(12)8-27-13-7-9(18)5-6-11(13)17/h2-7H,8H2,1H3. The zero-order chi connectivity index (χ0) is 20.5. The van der Waals surface area contributed by atoms with Gasteiger partial charge >= 0.3 is 11.2 Å². The van der Waals surface area contributed by atoms with Gasteiger partial charge < -0.3 is 4.74 Å². The summed E-state index contributed by atoms with van der Waals surface area (Å²) in [5.74, 6) is -0.673. The van der Waals surface area contributed by atoms with Crippen molar-refractivity contribution in [3.63, 3.8) is 0 Å². The number of benzene rings is 2. The van der Waals surface area contributed by atoms with E-state index in [1.807, 2.05) is 0 Å². The summed E-state index contributed by atoms with van der Waals surface area (Å²) >= 11 is 5.57. The second-order valence-corrected chi connectivity index (χ2v) is 6.98. The highest BCUT2D eigenvalue weighted by atomic mass is 35.5. The summed E-state index contributed by atoms with van der Waals surface area (Å²) in [6, 6.07) is 7.38. The smallest absolute Gasteiger partial charge is 0.446 e. The van der Waals surface area contributed by atoms with Crippen LogP contribution in [0.25, 0.3) is 5.69 Å². The Hall–Kier alpha value is -2.53. The van der Waals surface area contributed by atoms with E-state index in [9.17, 15) is 22.4 Å². The number of aromatic nitrogens is 4. The number of hydrogen-bond donors (Lipinski definition) is 0. The first kappa shape index (κ1) is 20.2. The third-order valence-corrected chi connectivity index (χ3v) is 4.70. The maximum absolute atomic E-state index is 13.4. The Bertz CT molecular complexity index is 1070. The summed E-state index contributed by atoms with van der Waals surface area (Å²) in [4.78, 5) is 12.0. The van der Waals surface area contributed by atoms with E-state index < -0.39 is 23.6 Å². The van der Waals surface area contributed by atoms with Gasteiger partial charge in [-0.1, -0.05) is 17.7 Å². The molecule has 0 amide bonds. The number of ether oxygens (including phenoxy) is 1. The number of aryl methyl sites for hydroxylation is 1. The Morgan fingerprint density at radius 1 is 1.21 bits per heavy atom. The van der Waals surface area contributed by atoms with E-state index in [0.29, 0.717) is 0 Å². The Kier molecular flexibility index (Phi) is 5.66. The van der Waals surface area contributed by atoms with Crippen LogP contribution in [0.2, 0.25) is 5.02 Å². The topological polar surface area (TPSA) is 61.9 Å². The summed E-state index contributed by atoms with van der Waals surface area (Å²) in [6.45, 7) is -0.416. The molecule has 6 nitrogen and oxygen atoms in total. The number of tetrazole rings is 1. The highest BCUT2D eigenvalue weighted by molar-refractivity contribution is 8.00. The molecule has 2 aromatic carbocycles. The van der Waals surface area contributed by atoms with E-state index in [2.05, 4.69) is 10.4 Å². The number of nitrogens with zero attached hydrogens (tertiary/aromatic N) is 4. The van der Waals surface area contributed by atoms with Crippen LogP contribution in [0, 0.1) is 5.82 Å². The van der Waals surface area contributed by atoms with E-state index in [1.165, 1.54) is 31.3 Å². The van der Waals surface area contributed by atoms with Crippen molar-refractivity contribution >= 4 is 23.4 Å². The average Bonchev–Trinajstić information content (AvgIpc) is 2.94. The molecule has 0 aliphatic heterocycles.